The van der Waals surface area contributed by atoms with E-state index in [4.69, 9.17) is 4.52 Å². The van der Waals surface area contributed by atoms with Gasteiger partial charge in [0.1, 0.15) is 11.5 Å². The Morgan fingerprint density at radius 3 is 2.65 bits per heavy atom. The van der Waals surface area contributed by atoms with Crippen LogP contribution in [0, 0.1) is 5.82 Å². The molecule has 1 saturated heterocycles. The fourth-order valence-corrected chi connectivity index (χ4v) is 3.78. The number of rotatable bonds is 4. The molecule has 2 aromatic rings. The number of benzene rings is 1. The first-order valence-electron chi connectivity index (χ1n) is 8.94. The summed E-state index contributed by atoms with van der Waals surface area (Å²) in [6.45, 7) is 1.17. The first-order valence-corrected chi connectivity index (χ1v) is 8.94. The molecule has 2 heterocycles. The topological polar surface area (TPSA) is 66.7 Å². The summed E-state index contributed by atoms with van der Waals surface area (Å²) in [5, 5.41) is 3.89. The maximum Gasteiger partial charge on any atom is 0.312 e. The molecule has 2 amide bonds. The van der Waals surface area contributed by atoms with Crippen LogP contribution in [-0.4, -0.2) is 45.9 Å². The first-order chi connectivity index (χ1) is 12.6. The van der Waals surface area contributed by atoms with E-state index in [0.717, 1.165) is 25.7 Å². The van der Waals surface area contributed by atoms with Gasteiger partial charge in [0, 0.05) is 30.8 Å². The summed E-state index contributed by atoms with van der Waals surface area (Å²) in [6.07, 6.45) is 4.19. The molecule has 1 aliphatic carbocycles. The number of carbonyl (C=O) groups is 2. The zero-order valence-electron chi connectivity index (χ0n) is 14.4. The molecule has 1 aromatic carbocycles. The van der Waals surface area contributed by atoms with Gasteiger partial charge < -0.3 is 14.3 Å². The Balaban J connectivity index is 1.44. The Labute approximate surface area is 150 Å². The maximum atomic E-state index is 13.9. The number of carbonyl (C=O) groups excluding carboxylic acids is 2. The predicted molar refractivity (Wildman–Crippen MR) is 91.3 cm³/mol. The molecule has 1 aliphatic heterocycles. The molecule has 2 aliphatic rings. The predicted octanol–water partition coefficient (Wildman–Crippen LogP) is 2.59. The highest BCUT2D eigenvalue weighted by Crippen LogP contribution is 2.26. The number of hydrogen-bond acceptors (Lipinski definition) is 4. The Hall–Kier alpha value is -2.70. The normalized spacial score (nSPS) is 18.8. The third kappa shape index (κ3) is 3.09. The zero-order chi connectivity index (χ0) is 18.1. The van der Waals surface area contributed by atoms with Crippen molar-refractivity contribution in [2.45, 2.75) is 38.3 Å². The van der Waals surface area contributed by atoms with Gasteiger partial charge in [-0.05, 0) is 25.0 Å². The first kappa shape index (κ1) is 16.8. The summed E-state index contributed by atoms with van der Waals surface area (Å²) in [5.74, 6) is -0.897. The highest BCUT2D eigenvalue weighted by Gasteiger charge is 2.37. The van der Waals surface area contributed by atoms with Crippen LogP contribution >= 0.6 is 0 Å². The zero-order valence-corrected chi connectivity index (χ0v) is 14.4. The van der Waals surface area contributed by atoms with Crippen LogP contribution in [0.2, 0.25) is 0 Å². The number of hydrogen-bond donors (Lipinski definition) is 0. The van der Waals surface area contributed by atoms with Gasteiger partial charge in [-0.1, -0.05) is 30.1 Å². The van der Waals surface area contributed by atoms with Crippen LogP contribution in [0.3, 0.4) is 0 Å². The van der Waals surface area contributed by atoms with Crippen molar-refractivity contribution >= 4 is 11.8 Å². The number of aromatic nitrogens is 1. The lowest BCUT2D eigenvalue weighted by Crippen LogP contribution is -2.56. The molecule has 136 valence electrons. The minimum atomic E-state index is -0.507. The number of halogens is 1. The van der Waals surface area contributed by atoms with Crippen molar-refractivity contribution in [2.75, 3.05) is 13.1 Å². The second kappa shape index (κ2) is 6.90. The fourth-order valence-electron chi connectivity index (χ4n) is 3.78. The summed E-state index contributed by atoms with van der Waals surface area (Å²) >= 11 is 0. The lowest BCUT2D eigenvalue weighted by molar-refractivity contribution is -0.158. The molecule has 0 atom stereocenters. The highest BCUT2D eigenvalue weighted by molar-refractivity contribution is 6.35. The van der Waals surface area contributed by atoms with Gasteiger partial charge in [0.25, 0.3) is 0 Å². The summed E-state index contributed by atoms with van der Waals surface area (Å²) in [4.78, 5) is 28.1. The molecule has 4 rings (SSSR count). The standard InChI is InChI=1S/C19H20FN3O3/c20-16-8-4-3-7-15(16)17-11-14(26-21-17)12-22-9-10-23(19(25)18(22)24)13-5-1-2-6-13/h3-4,7-8,11,13H,1-2,5-6,9-10,12H2. The average Bonchev–Trinajstić information content (AvgIpc) is 3.32. The number of piperazine rings is 1. The van der Waals surface area contributed by atoms with E-state index < -0.39 is 11.8 Å². The second-order valence-corrected chi connectivity index (χ2v) is 6.82. The van der Waals surface area contributed by atoms with E-state index in [1.54, 1.807) is 29.2 Å². The van der Waals surface area contributed by atoms with E-state index in [0.29, 0.717) is 30.1 Å². The van der Waals surface area contributed by atoms with Gasteiger partial charge in [0.2, 0.25) is 0 Å². The molecule has 2 fully saturated rings. The quantitative estimate of drug-likeness (QED) is 0.789. The summed E-state index contributed by atoms with van der Waals surface area (Å²) in [5.41, 5.74) is 0.720. The molecule has 0 unspecified atom stereocenters. The van der Waals surface area contributed by atoms with Gasteiger partial charge in [-0.2, -0.15) is 0 Å². The van der Waals surface area contributed by atoms with E-state index in [1.165, 1.54) is 11.0 Å². The molecule has 0 N–H and O–H groups in total. The Morgan fingerprint density at radius 2 is 1.88 bits per heavy atom. The number of amides is 2. The van der Waals surface area contributed by atoms with Crippen molar-refractivity contribution < 1.29 is 18.5 Å². The molecule has 6 nitrogen and oxygen atoms in total. The van der Waals surface area contributed by atoms with E-state index in [1.807, 2.05) is 0 Å². The van der Waals surface area contributed by atoms with Crippen LogP contribution in [0.15, 0.2) is 34.9 Å². The molecule has 26 heavy (non-hydrogen) atoms. The summed E-state index contributed by atoms with van der Waals surface area (Å²) in [7, 11) is 0. The van der Waals surface area contributed by atoms with Crippen LogP contribution in [0.4, 0.5) is 4.39 Å². The third-order valence-electron chi connectivity index (χ3n) is 5.16. The van der Waals surface area contributed by atoms with Gasteiger partial charge in [0.15, 0.2) is 5.76 Å². The van der Waals surface area contributed by atoms with Crippen molar-refractivity contribution in [1.82, 2.24) is 15.0 Å². The van der Waals surface area contributed by atoms with Gasteiger partial charge >= 0.3 is 11.8 Å². The second-order valence-electron chi connectivity index (χ2n) is 6.82. The molecule has 0 radical (unpaired) electrons. The van der Waals surface area contributed by atoms with Gasteiger partial charge in [-0.15, -0.1) is 0 Å². The minimum absolute atomic E-state index is 0.157. The van der Waals surface area contributed by atoms with Crippen molar-refractivity contribution in [3.8, 4) is 11.3 Å². The van der Waals surface area contributed by atoms with Gasteiger partial charge in [0.05, 0.1) is 6.54 Å². The number of nitrogens with zero attached hydrogens (tertiary/aromatic N) is 3. The lowest BCUT2D eigenvalue weighted by atomic mass is 10.1. The molecular weight excluding hydrogens is 337 g/mol. The van der Waals surface area contributed by atoms with E-state index in [2.05, 4.69) is 5.16 Å². The smallest absolute Gasteiger partial charge is 0.312 e. The molecule has 1 aromatic heterocycles. The molecular formula is C19H20FN3O3. The largest absolute Gasteiger partial charge is 0.359 e. The highest BCUT2D eigenvalue weighted by atomic mass is 19.1. The van der Waals surface area contributed by atoms with Crippen molar-refractivity contribution in [3.63, 3.8) is 0 Å². The van der Waals surface area contributed by atoms with E-state index in [9.17, 15) is 14.0 Å². The minimum Gasteiger partial charge on any atom is -0.359 e. The SMILES string of the molecule is O=C1C(=O)N(C2CCCC2)CCN1Cc1cc(-c2ccccc2F)no1. The molecule has 1 saturated carbocycles. The van der Waals surface area contributed by atoms with E-state index in [-0.39, 0.29) is 18.4 Å². The lowest BCUT2D eigenvalue weighted by Gasteiger charge is -2.36. The Bertz CT molecular complexity index is 829. The monoisotopic (exact) mass is 357 g/mol. The summed E-state index contributed by atoms with van der Waals surface area (Å²) in [6, 6.07) is 8.11. The van der Waals surface area contributed by atoms with Crippen LogP contribution in [0.25, 0.3) is 11.3 Å². The van der Waals surface area contributed by atoms with E-state index >= 15 is 0 Å². The summed E-state index contributed by atoms with van der Waals surface area (Å²) < 4.78 is 19.1. The Kier molecular flexibility index (Phi) is 4.44. The van der Waals surface area contributed by atoms with Gasteiger partial charge in [-0.25, -0.2) is 4.39 Å². The van der Waals surface area contributed by atoms with Crippen molar-refractivity contribution in [1.29, 1.82) is 0 Å². The van der Waals surface area contributed by atoms with Crippen LogP contribution in [-0.2, 0) is 16.1 Å². The average molecular weight is 357 g/mol. The van der Waals surface area contributed by atoms with Crippen LogP contribution in [0.1, 0.15) is 31.4 Å². The molecule has 7 heteroatoms. The van der Waals surface area contributed by atoms with Crippen molar-refractivity contribution in [3.05, 3.63) is 41.9 Å². The third-order valence-corrected chi connectivity index (χ3v) is 5.16. The fraction of sp³-hybridized carbons (Fsp3) is 0.421. The van der Waals surface area contributed by atoms with Crippen molar-refractivity contribution in [2.24, 2.45) is 0 Å². The van der Waals surface area contributed by atoms with Crippen LogP contribution < -0.4 is 0 Å². The molecule has 0 bridgehead atoms. The van der Waals surface area contributed by atoms with Gasteiger partial charge in [-0.3, -0.25) is 9.59 Å². The Morgan fingerprint density at radius 1 is 1.12 bits per heavy atom. The maximum absolute atomic E-state index is 13.9. The molecule has 0 spiro atoms. The van der Waals surface area contributed by atoms with Crippen LogP contribution in [0.5, 0.6) is 0 Å².